The van der Waals surface area contributed by atoms with Crippen molar-refractivity contribution in [1.82, 2.24) is 14.8 Å². The van der Waals surface area contributed by atoms with Crippen LogP contribution in [0.25, 0.3) is 0 Å². The van der Waals surface area contributed by atoms with Gasteiger partial charge in [-0.3, -0.25) is 9.59 Å². The van der Waals surface area contributed by atoms with Gasteiger partial charge < -0.3 is 14.7 Å². The van der Waals surface area contributed by atoms with Crippen LogP contribution in [0.3, 0.4) is 0 Å². The molecule has 0 radical (unpaired) electrons. The number of alkyl halides is 2. The second kappa shape index (κ2) is 8.72. The van der Waals surface area contributed by atoms with Gasteiger partial charge in [-0.1, -0.05) is 0 Å². The highest BCUT2D eigenvalue weighted by atomic mass is 19.3. The van der Waals surface area contributed by atoms with Crippen molar-refractivity contribution in [3.63, 3.8) is 0 Å². The summed E-state index contributed by atoms with van der Waals surface area (Å²) < 4.78 is 26.3. The highest BCUT2D eigenvalue weighted by molar-refractivity contribution is 5.99. The Hall–Kier alpha value is -3.03. The summed E-state index contributed by atoms with van der Waals surface area (Å²) in [5, 5.41) is 0. The molecule has 1 fully saturated rings. The van der Waals surface area contributed by atoms with Gasteiger partial charge in [0.2, 0.25) is 6.43 Å². The third-order valence-corrected chi connectivity index (χ3v) is 7.04. The van der Waals surface area contributed by atoms with Crippen LogP contribution in [0.5, 0.6) is 0 Å². The van der Waals surface area contributed by atoms with Crippen molar-refractivity contribution in [3.8, 4) is 0 Å². The SMILES string of the molecule is CCN1Cc2cc(N3CCCc4cc(C(=O)N5CCC[C@@H](C(F)F)C5)cnc43)ccc2C1=O. The summed E-state index contributed by atoms with van der Waals surface area (Å²) in [7, 11) is 0. The number of hydrogen-bond donors (Lipinski definition) is 0. The largest absolute Gasteiger partial charge is 0.338 e. The van der Waals surface area contributed by atoms with Crippen molar-refractivity contribution < 1.29 is 18.4 Å². The summed E-state index contributed by atoms with van der Waals surface area (Å²) in [6.45, 7) is 4.69. The molecule has 0 aliphatic carbocycles. The van der Waals surface area contributed by atoms with Crippen LogP contribution in [0.4, 0.5) is 20.3 Å². The van der Waals surface area contributed by atoms with Gasteiger partial charge >= 0.3 is 0 Å². The number of carbonyl (C=O) groups is 2. The Morgan fingerprint density at radius 2 is 2.03 bits per heavy atom. The van der Waals surface area contributed by atoms with E-state index in [2.05, 4.69) is 16.0 Å². The maximum atomic E-state index is 13.2. The molecule has 2 aromatic rings. The molecule has 8 heteroatoms. The molecule has 33 heavy (non-hydrogen) atoms. The van der Waals surface area contributed by atoms with E-state index in [-0.39, 0.29) is 18.4 Å². The Bertz CT molecular complexity index is 1090. The van der Waals surface area contributed by atoms with E-state index in [4.69, 9.17) is 0 Å². The van der Waals surface area contributed by atoms with Crippen molar-refractivity contribution in [2.24, 2.45) is 5.92 Å². The fourth-order valence-corrected chi connectivity index (χ4v) is 5.21. The fraction of sp³-hybridized carbons (Fsp3) is 0.480. The number of aromatic nitrogens is 1. The molecule has 0 spiro atoms. The number of carbonyl (C=O) groups excluding carboxylic acids is 2. The van der Waals surface area contributed by atoms with E-state index in [1.54, 1.807) is 11.1 Å². The molecule has 1 saturated heterocycles. The lowest BCUT2D eigenvalue weighted by Crippen LogP contribution is -2.42. The summed E-state index contributed by atoms with van der Waals surface area (Å²) in [6.07, 6.45) is 1.96. The highest BCUT2D eigenvalue weighted by Crippen LogP contribution is 2.35. The van der Waals surface area contributed by atoms with Crippen LogP contribution >= 0.6 is 0 Å². The first-order valence-corrected chi connectivity index (χ1v) is 11.7. The molecular formula is C25H28F2N4O2. The van der Waals surface area contributed by atoms with E-state index >= 15 is 0 Å². The number of hydrogen-bond acceptors (Lipinski definition) is 4. The molecule has 1 aromatic heterocycles. The van der Waals surface area contributed by atoms with Gasteiger partial charge in [-0.25, -0.2) is 13.8 Å². The van der Waals surface area contributed by atoms with E-state index in [0.29, 0.717) is 38.0 Å². The van der Waals surface area contributed by atoms with Gasteiger partial charge in [0.25, 0.3) is 11.8 Å². The molecule has 4 heterocycles. The first-order valence-electron chi connectivity index (χ1n) is 11.7. The van der Waals surface area contributed by atoms with E-state index < -0.39 is 12.3 Å². The van der Waals surface area contributed by atoms with Gasteiger partial charge in [0.15, 0.2) is 0 Å². The minimum absolute atomic E-state index is 0.0752. The smallest absolute Gasteiger partial charge is 0.255 e. The molecule has 174 valence electrons. The topological polar surface area (TPSA) is 56.8 Å². The monoisotopic (exact) mass is 454 g/mol. The summed E-state index contributed by atoms with van der Waals surface area (Å²) in [5.74, 6) is -0.0766. The molecule has 0 saturated carbocycles. The number of rotatable bonds is 4. The summed E-state index contributed by atoms with van der Waals surface area (Å²) in [4.78, 5) is 35.6. The highest BCUT2D eigenvalue weighted by Gasteiger charge is 2.31. The summed E-state index contributed by atoms with van der Waals surface area (Å²) in [6, 6.07) is 7.80. The Morgan fingerprint density at radius 3 is 2.82 bits per heavy atom. The number of likely N-dealkylation sites (tertiary alicyclic amines) is 1. The third-order valence-electron chi connectivity index (χ3n) is 7.04. The zero-order valence-electron chi connectivity index (χ0n) is 18.8. The Labute approximate surface area is 192 Å². The number of piperidine rings is 1. The van der Waals surface area contributed by atoms with E-state index in [0.717, 1.165) is 47.6 Å². The van der Waals surface area contributed by atoms with Crippen molar-refractivity contribution in [2.45, 2.75) is 45.6 Å². The molecule has 3 aliphatic rings. The normalized spacial score (nSPS) is 20.3. The number of nitrogens with zero attached hydrogens (tertiary/aromatic N) is 4. The van der Waals surface area contributed by atoms with E-state index in [1.165, 1.54) is 0 Å². The number of fused-ring (bicyclic) bond motifs is 2. The maximum absolute atomic E-state index is 13.2. The standard InChI is InChI=1S/C25H28F2N4O2/c1-2-29-15-19-12-20(7-8-21(19)25(29)33)31-10-4-5-16-11-18(13-28-23(16)31)24(32)30-9-3-6-17(14-30)22(26)27/h7-8,11-13,17,22H,2-6,9-10,14-15H2,1H3/t17-/m1/s1. The minimum atomic E-state index is -2.40. The number of benzene rings is 1. The number of pyridine rings is 1. The third kappa shape index (κ3) is 3.96. The van der Waals surface area contributed by atoms with E-state index in [1.807, 2.05) is 30.0 Å². The van der Waals surface area contributed by atoms with Crippen molar-refractivity contribution in [2.75, 3.05) is 31.1 Å². The van der Waals surface area contributed by atoms with Crippen LogP contribution in [0.15, 0.2) is 30.5 Å². The summed E-state index contributed by atoms with van der Waals surface area (Å²) in [5.41, 5.74) is 4.22. The molecule has 2 amide bonds. The zero-order valence-corrected chi connectivity index (χ0v) is 18.8. The molecule has 1 aromatic carbocycles. The minimum Gasteiger partial charge on any atom is -0.338 e. The Balaban J connectivity index is 1.39. The summed E-state index contributed by atoms with van der Waals surface area (Å²) >= 11 is 0. The molecule has 3 aliphatic heterocycles. The van der Waals surface area contributed by atoms with Crippen LogP contribution < -0.4 is 4.90 Å². The first kappa shape index (κ1) is 21.8. The van der Waals surface area contributed by atoms with Gasteiger partial charge in [0.05, 0.1) is 5.56 Å². The van der Waals surface area contributed by atoms with Crippen LogP contribution in [-0.4, -0.2) is 59.2 Å². The average molecular weight is 455 g/mol. The van der Waals surface area contributed by atoms with E-state index in [9.17, 15) is 18.4 Å². The number of aryl methyl sites for hydroxylation is 1. The van der Waals surface area contributed by atoms with Gasteiger partial charge in [0, 0.05) is 56.1 Å². The molecule has 1 atom stereocenters. The molecule has 0 unspecified atom stereocenters. The van der Waals surface area contributed by atoms with Gasteiger partial charge in [0.1, 0.15) is 5.82 Å². The fourth-order valence-electron chi connectivity index (χ4n) is 5.21. The van der Waals surface area contributed by atoms with Crippen molar-refractivity contribution >= 4 is 23.3 Å². The number of halogens is 2. The Kier molecular flexibility index (Phi) is 5.76. The predicted molar refractivity (Wildman–Crippen MR) is 121 cm³/mol. The second-order valence-corrected chi connectivity index (χ2v) is 9.11. The molecule has 5 rings (SSSR count). The van der Waals surface area contributed by atoms with Crippen LogP contribution in [0.2, 0.25) is 0 Å². The second-order valence-electron chi connectivity index (χ2n) is 9.11. The average Bonchev–Trinajstić information content (AvgIpc) is 3.17. The van der Waals surface area contributed by atoms with Crippen LogP contribution in [0, 0.1) is 5.92 Å². The Morgan fingerprint density at radius 1 is 1.18 bits per heavy atom. The lowest BCUT2D eigenvalue weighted by Gasteiger charge is -2.33. The molecule has 6 nitrogen and oxygen atoms in total. The molecule has 0 N–H and O–H groups in total. The quantitative estimate of drug-likeness (QED) is 0.693. The molecule has 0 bridgehead atoms. The number of amides is 2. The van der Waals surface area contributed by atoms with Gasteiger partial charge in [-0.05, 0) is 68.0 Å². The first-order chi connectivity index (χ1) is 16.0. The van der Waals surface area contributed by atoms with Crippen LogP contribution in [-0.2, 0) is 13.0 Å². The number of anilines is 2. The lowest BCUT2D eigenvalue weighted by molar-refractivity contribution is 0.0253. The maximum Gasteiger partial charge on any atom is 0.255 e. The van der Waals surface area contributed by atoms with Gasteiger partial charge in [-0.2, -0.15) is 0 Å². The van der Waals surface area contributed by atoms with Crippen LogP contribution in [0.1, 0.15) is 58.0 Å². The van der Waals surface area contributed by atoms with Crippen molar-refractivity contribution in [3.05, 3.63) is 52.7 Å². The predicted octanol–water partition coefficient (Wildman–Crippen LogP) is 4.26. The van der Waals surface area contributed by atoms with Gasteiger partial charge in [-0.15, -0.1) is 0 Å². The molecular weight excluding hydrogens is 426 g/mol. The lowest BCUT2D eigenvalue weighted by atomic mass is 9.97. The van der Waals surface area contributed by atoms with Crippen molar-refractivity contribution in [1.29, 1.82) is 0 Å². The zero-order chi connectivity index (χ0) is 23.1.